The molecule has 0 atom stereocenters. The van der Waals surface area contributed by atoms with E-state index in [1.807, 2.05) is 6.07 Å². The minimum absolute atomic E-state index is 0.0965. The topological polar surface area (TPSA) is 58.6 Å². The molecule has 0 bridgehead atoms. The summed E-state index contributed by atoms with van der Waals surface area (Å²) in [6.45, 7) is 7.63. The number of piperidine rings is 1. The average Bonchev–Trinajstić information content (AvgIpc) is 2.52. The quantitative estimate of drug-likeness (QED) is 0.897. The summed E-state index contributed by atoms with van der Waals surface area (Å²) >= 11 is 0. The van der Waals surface area contributed by atoms with E-state index >= 15 is 0 Å². The minimum Gasteiger partial charge on any atom is -0.492 e. The van der Waals surface area contributed by atoms with Crippen LogP contribution in [0.25, 0.3) is 0 Å². The second-order valence-electron chi connectivity index (χ2n) is 7.18. The van der Waals surface area contributed by atoms with Crippen molar-refractivity contribution in [3.05, 3.63) is 24.3 Å². The molecule has 1 aromatic rings. The van der Waals surface area contributed by atoms with Crippen molar-refractivity contribution >= 4 is 10.0 Å². The highest BCUT2D eigenvalue weighted by Crippen LogP contribution is 2.38. The van der Waals surface area contributed by atoms with Gasteiger partial charge in [-0.2, -0.15) is 4.31 Å². The zero-order valence-corrected chi connectivity index (χ0v) is 14.7. The molecule has 1 fully saturated rings. The fourth-order valence-corrected chi connectivity index (χ4v) is 5.33. The van der Waals surface area contributed by atoms with Gasteiger partial charge in [-0.3, -0.25) is 0 Å². The van der Waals surface area contributed by atoms with Gasteiger partial charge in [-0.05, 0) is 44.0 Å². The second kappa shape index (κ2) is 6.42. The van der Waals surface area contributed by atoms with Gasteiger partial charge in [-0.25, -0.2) is 8.42 Å². The monoisotopic (exact) mass is 338 g/mol. The zero-order valence-electron chi connectivity index (χ0n) is 13.9. The molecule has 1 aromatic carbocycles. The molecule has 2 aliphatic rings. The van der Waals surface area contributed by atoms with Crippen LogP contribution in [0.2, 0.25) is 0 Å². The third-order valence-electron chi connectivity index (χ3n) is 4.75. The lowest BCUT2D eigenvalue weighted by molar-refractivity contribution is 0.0732. The molecule has 0 amide bonds. The Kier molecular flexibility index (Phi) is 4.67. The smallest absolute Gasteiger partial charge is 0.246 e. The molecule has 0 saturated carbocycles. The predicted octanol–water partition coefficient (Wildman–Crippen LogP) is 2.10. The maximum atomic E-state index is 13.2. The van der Waals surface area contributed by atoms with E-state index in [0.29, 0.717) is 30.3 Å². The number of nitrogens with zero attached hydrogens (tertiary/aromatic N) is 1. The standard InChI is InChI=1S/C17H26N2O3S/c1-14(2)11-19-12-17(7-9-18-10-8-17)13-22-15-5-3-4-6-16(15)23(19,20)21/h3-6,14,18H,7-13H2,1-2H3. The lowest BCUT2D eigenvalue weighted by Crippen LogP contribution is -2.51. The molecular weight excluding hydrogens is 312 g/mol. The summed E-state index contributed by atoms with van der Waals surface area (Å²) in [5, 5.41) is 3.36. The van der Waals surface area contributed by atoms with Gasteiger partial charge in [0, 0.05) is 18.5 Å². The van der Waals surface area contributed by atoms with Crippen LogP contribution in [-0.4, -0.2) is 45.5 Å². The van der Waals surface area contributed by atoms with Crippen LogP contribution in [0, 0.1) is 11.3 Å². The van der Waals surface area contributed by atoms with Crippen molar-refractivity contribution in [3.63, 3.8) is 0 Å². The van der Waals surface area contributed by atoms with Gasteiger partial charge in [-0.1, -0.05) is 26.0 Å². The van der Waals surface area contributed by atoms with Crippen LogP contribution in [0.5, 0.6) is 5.75 Å². The number of hydrogen-bond donors (Lipinski definition) is 1. The van der Waals surface area contributed by atoms with E-state index in [0.717, 1.165) is 25.9 Å². The largest absolute Gasteiger partial charge is 0.492 e. The number of benzene rings is 1. The molecule has 128 valence electrons. The number of nitrogens with one attached hydrogen (secondary N) is 1. The van der Waals surface area contributed by atoms with Gasteiger partial charge in [0.05, 0.1) is 6.61 Å². The van der Waals surface area contributed by atoms with Crippen LogP contribution in [0.1, 0.15) is 26.7 Å². The first-order valence-corrected chi connectivity index (χ1v) is 9.80. The van der Waals surface area contributed by atoms with E-state index in [1.165, 1.54) is 0 Å². The van der Waals surface area contributed by atoms with Crippen LogP contribution >= 0.6 is 0 Å². The lowest BCUT2D eigenvalue weighted by atomic mass is 9.79. The van der Waals surface area contributed by atoms with E-state index in [-0.39, 0.29) is 11.3 Å². The highest BCUT2D eigenvalue weighted by molar-refractivity contribution is 7.89. The molecule has 23 heavy (non-hydrogen) atoms. The Morgan fingerprint density at radius 1 is 1.26 bits per heavy atom. The first-order valence-electron chi connectivity index (χ1n) is 8.36. The van der Waals surface area contributed by atoms with Crippen LogP contribution in [0.15, 0.2) is 29.2 Å². The maximum Gasteiger partial charge on any atom is 0.246 e. The van der Waals surface area contributed by atoms with Gasteiger partial charge in [0.2, 0.25) is 10.0 Å². The Balaban J connectivity index is 2.04. The van der Waals surface area contributed by atoms with Gasteiger partial charge in [0.15, 0.2) is 0 Å². The van der Waals surface area contributed by atoms with Crippen LogP contribution < -0.4 is 10.1 Å². The summed E-state index contributed by atoms with van der Waals surface area (Å²) in [5.74, 6) is 0.773. The van der Waals surface area contributed by atoms with Crippen molar-refractivity contribution in [3.8, 4) is 5.75 Å². The summed E-state index contributed by atoms with van der Waals surface area (Å²) in [7, 11) is -3.53. The highest BCUT2D eigenvalue weighted by Gasteiger charge is 2.41. The molecule has 0 aromatic heterocycles. The Morgan fingerprint density at radius 2 is 1.96 bits per heavy atom. The van der Waals surface area contributed by atoms with Crippen molar-refractivity contribution < 1.29 is 13.2 Å². The van der Waals surface area contributed by atoms with Crippen molar-refractivity contribution in [2.45, 2.75) is 31.6 Å². The molecule has 0 aliphatic carbocycles. The second-order valence-corrected chi connectivity index (χ2v) is 9.08. The molecule has 3 rings (SSSR count). The summed E-state index contributed by atoms with van der Waals surface area (Å²) in [6.07, 6.45) is 1.89. The fraction of sp³-hybridized carbons (Fsp3) is 0.647. The molecule has 1 spiro atoms. The molecule has 5 nitrogen and oxygen atoms in total. The maximum absolute atomic E-state index is 13.2. The SMILES string of the molecule is CC(C)CN1CC2(CCNCC2)COc2ccccc2S1(=O)=O. The van der Waals surface area contributed by atoms with Crippen molar-refractivity contribution in [1.82, 2.24) is 9.62 Å². The first kappa shape index (κ1) is 16.7. The molecule has 1 N–H and O–H groups in total. The number of rotatable bonds is 2. The van der Waals surface area contributed by atoms with Crippen LogP contribution in [0.4, 0.5) is 0 Å². The normalized spacial score (nSPS) is 23.8. The van der Waals surface area contributed by atoms with Gasteiger partial charge < -0.3 is 10.1 Å². The Bertz CT molecular complexity index is 652. The summed E-state index contributed by atoms with van der Waals surface area (Å²) < 4.78 is 34.0. The van der Waals surface area contributed by atoms with Gasteiger partial charge >= 0.3 is 0 Å². The van der Waals surface area contributed by atoms with Crippen molar-refractivity contribution in [1.29, 1.82) is 0 Å². The number of sulfonamides is 1. The van der Waals surface area contributed by atoms with Crippen LogP contribution in [-0.2, 0) is 10.0 Å². The summed E-state index contributed by atoms with van der Waals surface area (Å²) in [6, 6.07) is 7.01. The van der Waals surface area contributed by atoms with Crippen molar-refractivity contribution in [2.75, 3.05) is 32.8 Å². The lowest BCUT2D eigenvalue weighted by Gasteiger charge is -2.42. The Morgan fingerprint density at radius 3 is 2.65 bits per heavy atom. The summed E-state index contributed by atoms with van der Waals surface area (Å²) in [5.41, 5.74) is -0.0965. The van der Waals surface area contributed by atoms with Crippen LogP contribution in [0.3, 0.4) is 0 Å². The molecule has 6 heteroatoms. The van der Waals surface area contributed by atoms with Gasteiger partial charge in [0.1, 0.15) is 10.6 Å². The third-order valence-corrected chi connectivity index (χ3v) is 6.60. The highest BCUT2D eigenvalue weighted by atomic mass is 32.2. The number of fused-ring (bicyclic) bond motifs is 1. The Labute approximate surface area is 139 Å². The third kappa shape index (κ3) is 3.39. The fourth-order valence-electron chi connectivity index (χ4n) is 3.49. The first-order chi connectivity index (χ1) is 10.9. The van der Waals surface area contributed by atoms with E-state index in [9.17, 15) is 8.42 Å². The van der Waals surface area contributed by atoms with E-state index in [1.54, 1.807) is 22.5 Å². The zero-order chi connectivity index (χ0) is 16.5. The van der Waals surface area contributed by atoms with Gasteiger partial charge in [0.25, 0.3) is 0 Å². The van der Waals surface area contributed by atoms with E-state index in [4.69, 9.17) is 4.74 Å². The van der Waals surface area contributed by atoms with Crippen molar-refractivity contribution in [2.24, 2.45) is 11.3 Å². The molecule has 0 radical (unpaired) electrons. The summed E-state index contributed by atoms with van der Waals surface area (Å²) in [4.78, 5) is 0.296. The average molecular weight is 338 g/mol. The van der Waals surface area contributed by atoms with Gasteiger partial charge in [-0.15, -0.1) is 0 Å². The number of para-hydroxylation sites is 1. The number of hydrogen-bond acceptors (Lipinski definition) is 4. The molecule has 0 unspecified atom stereocenters. The van der Waals surface area contributed by atoms with E-state index < -0.39 is 10.0 Å². The molecule has 2 aliphatic heterocycles. The predicted molar refractivity (Wildman–Crippen MR) is 90.1 cm³/mol. The number of ether oxygens (including phenoxy) is 1. The van der Waals surface area contributed by atoms with E-state index in [2.05, 4.69) is 19.2 Å². The minimum atomic E-state index is -3.53. The Hall–Kier alpha value is -1.11. The molecule has 1 saturated heterocycles. The molecular formula is C17H26N2O3S. The molecule has 2 heterocycles.